The van der Waals surface area contributed by atoms with Gasteiger partial charge in [0.2, 0.25) is 5.91 Å². The van der Waals surface area contributed by atoms with Crippen LogP contribution in [0.4, 0.5) is 4.79 Å². The third-order valence-electron chi connectivity index (χ3n) is 1.43. The maximum absolute atomic E-state index is 11.2. The average molecular weight is 201 g/mol. The average Bonchev–Trinajstić information content (AvgIpc) is 2.55. The van der Waals surface area contributed by atoms with Gasteiger partial charge in [-0.25, -0.2) is 4.79 Å². The van der Waals surface area contributed by atoms with Gasteiger partial charge in [-0.1, -0.05) is 6.08 Å². The zero-order valence-electron chi connectivity index (χ0n) is 7.19. The van der Waals surface area contributed by atoms with Gasteiger partial charge in [-0.3, -0.25) is 14.4 Å². The van der Waals surface area contributed by atoms with Gasteiger partial charge in [0.05, 0.1) is 12.6 Å². The van der Waals surface area contributed by atoms with E-state index in [0.717, 1.165) is 0 Å². The van der Waals surface area contributed by atoms with Crippen molar-refractivity contribution in [1.29, 1.82) is 0 Å². The summed E-state index contributed by atoms with van der Waals surface area (Å²) in [6, 6.07) is -1.08. The topological polar surface area (TPSA) is 75.4 Å². The molecular formula is C7H11N3O2S. The summed E-state index contributed by atoms with van der Waals surface area (Å²) in [5, 5.41) is 3.97. The molecule has 1 atom stereocenters. The molecule has 1 aliphatic rings. The van der Waals surface area contributed by atoms with Crippen LogP contribution in [0.3, 0.4) is 0 Å². The number of hydrogen-bond donors (Lipinski definition) is 2. The van der Waals surface area contributed by atoms with Gasteiger partial charge >= 0.3 is 6.03 Å². The first-order chi connectivity index (χ1) is 6.11. The minimum Gasteiger partial charge on any atom is -0.320 e. The summed E-state index contributed by atoms with van der Waals surface area (Å²) in [5.74, 6) is -0.461. The van der Waals surface area contributed by atoms with Crippen LogP contribution in [-0.2, 0) is 4.79 Å². The van der Waals surface area contributed by atoms with Crippen molar-refractivity contribution < 1.29 is 9.59 Å². The van der Waals surface area contributed by atoms with Crippen molar-refractivity contribution >= 4 is 23.9 Å². The van der Waals surface area contributed by atoms with Crippen molar-refractivity contribution in [3.63, 3.8) is 0 Å². The van der Waals surface area contributed by atoms with Gasteiger partial charge in [0.1, 0.15) is 0 Å². The Morgan fingerprint density at radius 2 is 2.38 bits per heavy atom. The fourth-order valence-corrected chi connectivity index (χ4v) is 1.34. The van der Waals surface area contributed by atoms with Crippen molar-refractivity contribution in [3.8, 4) is 0 Å². The number of imide groups is 1. The lowest BCUT2D eigenvalue weighted by molar-refractivity contribution is -0.120. The van der Waals surface area contributed by atoms with Crippen LogP contribution < -0.4 is 11.1 Å². The molecule has 0 unspecified atom stereocenters. The van der Waals surface area contributed by atoms with Gasteiger partial charge < -0.3 is 5.73 Å². The van der Waals surface area contributed by atoms with Crippen molar-refractivity contribution in [2.75, 3.05) is 6.54 Å². The Bertz CT molecular complexity index is 244. The molecular weight excluding hydrogens is 190 g/mol. The Morgan fingerprint density at radius 1 is 1.69 bits per heavy atom. The largest absolute Gasteiger partial charge is 0.334 e. The molecule has 3 amide bonds. The molecule has 0 aromatic carbocycles. The van der Waals surface area contributed by atoms with E-state index in [0.29, 0.717) is 6.54 Å². The molecule has 1 heterocycles. The summed E-state index contributed by atoms with van der Waals surface area (Å²) in [6.45, 7) is 2.04. The fraction of sp³-hybridized carbons (Fsp3) is 0.429. The Hall–Kier alpha value is -1.01. The highest BCUT2D eigenvalue weighted by molar-refractivity contribution is 8.00. The molecule has 0 saturated heterocycles. The standard InChI is InChI=1S/C7H11N3O2S/c1-5(8)6(11)9-7(12)10-3-2-4-13-10/h2,4-5H,3,8H2,1H3,(H,9,11,12)/t5-/m0/s1. The number of nitrogens with two attached hydrogens (primary N) is 1. The molecule has 6 heteroatoms. The number of nitrogens with zero attached hydrogens (tertiary/aromatic N) is 1. The molecule has 3 N–H and O–H groups in total. The molecule has 1 rings (SSSR count). The molecule has 0 aliphatic carbocycles. The highest BCUT2D eigenvalue weighted by Crippen LogP contribution is 2.17. The summed E-state index contributed by atoms with van der Waals surface area (Å²) >= 11 is 1.25. The quantitative estimate of drug-likeness (QED) is 0.588. The van der Waals surface area contributed by atoms with E-state index < -0.39 is 18.0 Å². The Balaban J connectivity index is 2.37. The SMILES string of the molecule is C[C@H](N)C(=O)NC(=O)N1CC=CS1. The van der Waals surface area contributed by atoms with E-state index >= 15 is 0 Å². The van der Waals surface area contributed by atoms with Crippen molar-refractivity contribution in [2.24, 2.45) is 5.73 Å². The number of rotatable bonds is 1. The van der Waals surface area contributed by atoms with Crippen LogP contribution in [-0.4, -0.2) is 28.8 Å². The van der Waals surface area contributed by atoms with Gasteiger partial charge in [0.15, 0.2) is 0 Å². The van der Waals surface area contributed by atoms with Crippen LogP contribution in [0.5, 0.6) is 0 Å². The molecule has 0 fully saturated rings. The predicted octanol–water partition coefficient (Wildman–Crippen LogP) is 0.0473. The van der Waals surface area contributed by atoms with E-state index in [1.165, 1.54) is 23.2 Å². The Morgan fingerprint density at radius 3 is 2.85 bits per heavy atom. The molecule has 5 nitrogen and oxygen atoms in total. The third kappa shape index (κ3) is 2.74. The molecule has 13 heavy (non-hydrogen) atoms. The minimum atomic E-state index is -0.662. The molecule has 1 aliphatic heterocycles. The molecule has 0 saturated carbocycles. The molecule has 0 bridgehead atoms. The highest BCUT2D eigenvalue weighted by atomic mass is 32.2. The van der Waals surface area contributed by atoms with E-state index in [4.69, 9.17) is 5.73 Å². The summed E-state index contributed by atoms with van der Waals surface area (Å²) in [5.41, 5.74) is 5.28. The summed E-state index contributed by atoms with van der Waals surface area (Å²) in [6.07, 6.45) is 1.83. The van der Waals surface area contributed by atoms with Gasteiger partial charge in [0, 0.05) is 0 Å². The third-order valence-corrected chi connectivity index (χ3v) is 2.31. The molecule has 0 aromatic rings. The molecule has 0 spiro atoms. The van der Waals surface area contributed by atoms with E-state index in [1.54, 1.807) is 5.41 Å². The smallest absolute Gasteiger partial charge is 0.320 e. The lowest BCUT2D eigenvalue weighted by Crippen LogP contribution is -2.45. The van der Waals surface area contributed by atoms with E-state index in [-0.39, 0.29) is 0 Å². The van der Waals surface area contributed by atoms with E-state index in [9.17, 15) is 9.59 Å². The number of carbonyl (C=O) groups excluding carboxylic acids is 2. The van der Waals surface area contributed by atoms with Gasteiger partial charge in [-0.05, 0) is 24.3 Å². The normalized spacial score (nSPS) is 17.2. The van der Waals surface area contributed by atoms with Crippen LogP contribution in [0.15, 0.2) is 11.5 Å². The van der Waals surface area contributed by atoms with Gasteiger partial charge in [0.25, 0.3) is 0 Å². The highest BCUT2D eigenvalue weighted by Gasteiger charge is 2.19. The lowest BCUT2D eigenvalue weighted by Gasteiger charge is -2.14. The second-order valence-electron chi connectivity index (χ2n) is 2.62. The number of nitrogens with one attached hydrogen (secondary N) is 1. The Labute approximate surface area is 80.5 Å². The number of hydrogen-bond acceptors (Lipinski definition) is 4. The van der Waals surface area contributed by atoms with Crippen LogP contribution >= 0.6 is 11.9 Å². The monoisotopic (exact) mass is 201 g/mol. The van der Waals surface area contributed by atoms with Gasteiger partial charge in [-0.2, -0.15) is 0 Å². The van der Waals surface area contributed by atoms with Crippen LogP contribution in [0, 0.1) is 0 Å². The first kappa shape index (κ1) is 10.1. The second kappa shape index (κ2) is 4.29. The number of amides is 3. The van der Waals surface area contributed by atoms with E-state index in [1.807, 2.05) is 6.08 Å². The Kier molecular flexibility index (Phi) is 3.32. The predicted molar refractivity (Wildman–Crippen MR) is 50.6 cm³/mol. The molecule has 0 radical (unpaired) electrons. The van der Waals surface area contributed by atoms with Gasteiger partial charge in [-0.15, -0.1) is 0 Å². The van der Waals surface area contributed by atoms with E-state index in [2.05, 4.69) is 5.32 Å². The zero-order valence-corrected chi connectivity index (χ0v) is 8.00. The van der Waals surface area contributed by atoms with Crippen LogP contribution in [0.2, 0.25) is 0 Å². The first-order valence-electron chi connectivity index (χ1n) is 3.81. The number of carbonyl (C=O) groups is 2. The minimum absolute atomic E-state index is 0.419. The fourth-order valence-electron chi connectivity index (χ4n) is 0.711. The second-order valence-corrected chi connectivity index (χ2v) is 3.55. The molecule has 72 valence electrons. The lowest BCUT2D eigenvalue weighted by atomic mass is 10.3. The summed E-state index contributed by atoms with van der Waals surface area (Å²) < 4.78 is 1.43. The van der Waals surface area contributed by atoms with Crippen molar-refractivity contribution in [2.45, 2.75) is 13.0 Å². The van der Waals surface area contributed by atoms with Crippen LogP contribution in [0.25, 0.3) is 0 Å². The maximum atomic E-state index is 11.2. The zero-order chi connectivity index (χ0) is 9.84. The summed E-state index contributed by atoms with van der Waals surface area (Å²) in [7, 11) is 0. The summed E-state index contributed by atoms with van der Waals surface area (Å²) in [4.78, 5) is 22.2. The maximum Gasteiger partial charge on any atom is 0.334 e. The van der Waals surface area contributed by atoms with Crippen molar-refractivity contribution in [3.05, 3.63) is 11.5 Å². The van der Waals surface area contributed by atoms with Crippen LogP contribution in [0.1, 0.15) is 6.92 Å². The number of urea groups is 1. The molecule has 0 aromatic heterocycles. The van der Waals surface area contributed by atoms with Crippen molar-refractivity contribution in [1.82, 2.24) is 9.62 Å². The first-order valence-corrected chi connectivity index (χ1v) is 4.64.